The van der Waals surface area contributed by atoms with Crippen LogP contribution < -0.4 is 9.64 Å². The number of rotatable bonds is 5. The van der Waals surface area contributed by atoms with E-state index in [1.54, 1.807) is 18.3 Å². The van der Waals surface area contributed by atoms with E-state index in [4.69, 9.17) is 9.15 Å². The van der Waals surface area contributed by atoms with E-state index >= 15 is 0 Å². The van der Waals surface area contributed by atoms with Gasteiger partial charge >= 0.3 is 0 Å². The third-order valence-electron chi connectivity index (χ3n) is 3.69. The number of furan rings is 1. The Morgan fingerprint density at radius 1 is 1.24 bits per heavy atom. The van der Waals surface area contributed by atoms with Crippen LogP contribution in [0.25, 0.3) is 10.2 Å². The topological polar surface area (TPSA) is 55.6 Å². The molecule has 0 aliphatic carbocycles. The molecule has 0 saturated heterocycles. The number of amides is 1. The summed E-state index contributed by atoms with van der Waals surface area (Å²) in [5.41, 5.74) is 0.758. The standard InChI is InChI=1S/C18H14N2O3S2/c1-22-13-6-2-7-14-16(13)19-18(25-14)20(11-12-5-3-9-23-12)17(21)15-8-4-10-24-15/h2-10H,11H2,1H3. The number of hydrogen-bond donors (Lipinski definition) is 0. The molecule has 0 radical (unpaired) electrons. The molecule has 25 heavy (non-hydrogen) atoms. The fourth-order valence-electron chi connectivity index (χ4n) is 2.51. The Morgan fingerprint density at radius 3 is 2.88 bits per heavy atom. The van der Waals surface area contributed by atoms with E-state index in [1.807, 2.05) is 47.8 Å². The maximum Gasteiger partial charge on any atom is 0.270 e. The average molecular weight is 370 g/mol. The van der Waals surface area contributed by atoms with Gasteiger partial charge in [-0.3, -0.25) is 9.69 Å². The number of hydrogen-bond acceptors (Lipinski definition) is 6. The first-order chi connectivity index (χ1) is 12.3. The van der Waals surface area contributed by atoms with Crippen molar-refractivity contribution in [2.75, 3.05) is 12.0 Å². The van der Waals surface area contributed by atoms with Crippen molar-refractivity contribution in [3.8, 4) is 5.75 Å². The SMILES string of the molecule is COc1cccc2sc(N(Cc3ccco3)C(=O)c3cccs3)nc12. The molecule has 1 amide bonds. The Morgan fingerprint density at radius 2 is 2.16 bits per heavy atom. The van der Waals surface area contributed by atoms with Crippen LogP contribution in [0.3, 0.4) is 0 Å². The molecule has 126 valence electrons. The summed E-state index contributed by atoms with van der Waals surface area (Å²) in [5.74, 6) is 1.31. The van der Waals surface area contributed by atoms with Gasteiger partial charge in [0.05, 0.1) is 29.5 Å². The number of para-hydroxylation sites is 1. The minimum absolute atomic E-state index is 0.0931. The number of aromatic nitrogens is 1. The summed E-state index contributed by atoms with van der Waals surface area (Å²) in [6, 6.07) is 13.1. The first kappa shape index (κ1) is 15.9. The number of benzene rings is 1. The largest absolute Gasteiger partial charge is 0.494 e. The van der Waals surface area contributed by atoms with E-state index in [-0.39, 0.29) is 5.91 Å². The summed E-state index contributed by atoms with van der Waals surface area (Å²) >= 11 is 2.87. The van der Waals surface area contributed by atoms with Crippen molar-refractivity contribution in [2.24, 2.45) is 0 Å². The lowest BCUT2D eigenvalue weighted by Crippen LogP contribution is -2.29. The zero-order chi connectivity index (χ0) is 17.2. The molecule has 3 aromatic heterocycles. The molecule has 4 aromatic rings. The zero-order valence-electron chi connectivity index (χ0n) is 13.3. The first-order valence-electron chi connectivity index (χ1n) is 7.57. The van der Waals surface area contributed by atoms with E-state index < -0.39 is 0 Å². The summed E-state index contributed by atoms with van der Waals surface area (Å²) < 4.78 is 11.8. The number of anilines is 1. The highest BCUT2D eigenvalue weighted by Gasteiger charge is 2.24. The van der Waals surface area contributed by atoms with Gasteiger partial charge in [0.15, 0.2) is 5.13 Å². The lowest BCUT2D eigenvalue weighted by molar-refractivity contribution is 0.0987. The second kappa shape index (κ2) is 6.70. The summed E-state index contributed by atoms with van der Waals surface area (Å²) in [4.78, 5) is 20.0. The normalized spacial score (nSPS) is 10.9. The van der Waals surface area contributed by atoms with Crippen LogP contribution in [-0.4, -0.2) is 18.0 Å². The third-order valence-corrected chi connectivity index (χ3v) is 5.59. The Bertz CT molecular complexity index is 991. The Labute approximate surface area is 152 Å². The van der Waals surface area contributed by atoms with Crippen molar-refractivity contribution in [3.63, 3.8) is 0 Å². The molecule has 0 aliphatic heterocycles. The molecule has 0 N–H and O–H groups in total. The van der Waals surface area contributed by atoms with Gasteiger partial charge in [-0.2, -0.15) is 0 Å². The molecule has 0 fully saturated rings. The fraction of sp³-hybridized carbons (Fsp3) is 0.111. The zero-order valence-corrected chi connectivity index (χ0v) is 15.0. The quantitative estimate of drug-likeness (QED) is 0.506. The molecular formula is C18H14N2O3S2. The smallest absolute Gasteiger partial charge is 0.270 e. The van der Waals surface area contributed by atoms with E-state index in [1.165, 1.54) is 22.7 Å². The summed E-state index contributed by atoms with van der Waals surface area (Å²) in [6.07, 6.45) is 1.60. The van der Waals surface area contributed by atoms with Crippen LogP contribution in [0.5, 0.6) is 5.75 Å². The number of ether oxygens (including phenoxy) is 1. The number of carbonyl (C=O) groups excluding carboxylic acids is 1. The van der Waals surface area contributed by atoms with Crippen LogP contribution in [0.4, 0.5) is 5.13 Å². The molecule has 0 spiro atoms. The Kier molecular flexibility index (Phi) is 4.25. The van der Waals surface area contributed by atoms with E-state index in [0.717, 1.165) is 10.2 Å². The Hall–Kier alpha value is -2.64. The highest BCUT2D eigenvalue weighted by Crippen LogP contribution is 2.35. The lowest BCUT2D eigenvalue weighted by atomic mass is 10.3. The predicted molar refractivity (Wildman–Crippen MR) is 99.7 cm³/mol. The van der Waals surface area contributed by atoms with Crippen LogP contribution in [0.1, 0.15) is 15.4 Å². The highest BCUT2D eigenvalue weighted by molar-refractivity contribution is 7.22. The molecule has 4 rings (SSSR count). The predicted octanol–water partition coefficient (Wildman–Crippen LogP) is 4.81. The number of carbonyl (C=O) groups is 1. The monoisotopic (exact) mass is 370 g/mol. The van der Waals surface area contributed by atoms with Gasteiger partial charge in [0, 0.05) is 0 Å². The maximum atomic E-state index is 13.0. The molecule has 1 aromatic carbocycles. The molecule has 0 bridgehead atoms. The molecule has 0 unspecified atom stereocenters. The summed E-state index contributed by atoms with van der Waals surface area (Å²) in [6.45, 7) is 0.325. The second-order valence-corrected chi connectivity index (χ2v) is 7.21. The summed E-state index contributed by atoms with van der Waals surface area (Å²) in [7, 11) is 1.62. The minimum atomic E-state index is -0.0931. The van der Waals surface area contributed by atoms with Crippen molar-refractivity contribution in [2.45, 2.75) is 6.54 Å². The number of methoxy groups -OCH3 is 1. The molecule has 5 nitrogen and oxygen atoms in total. The van der Waals surface area contributed by atoms with Crippen LogP contribution in [-0.2, 0) is 6.54 Å². The molecule has 7 heteroatoms. The van der Waals surface area contributed by atoms with Crippen molar-refractivity contribution < 1.29 is 13.9 Å². The van der Waals surface area contributed by atoms with Crippen molar-refractivity contribution in [1.82, 2.24) is 4.98 Å². The average Bonchev–Trinajstić information content (AvgIpc) is 3.39. The minimum Gasteiger partial charge on any atom is -0.494 e. The molecule has 0 aliphatic rings. The van der Waals surface area contributed by atoms with Crippen LogP contribution >= 0.6 is 22.7 Å². The van der Waals surface area contributed by atoms with Gasteiger partial charge in [-0.1, -0.05) is 23.5 Å². The van der Waals surface area contributed by atoms with Gasteiger partial charge < -0.3 is 9.15 Å². The van der Waals surface area contributed by atoms with E-state index in [2.05, 4.69) is 4.98 Å². The maximum absolute atomic E-state index is 13.0. The van der Waals surface area contributed by atoms with Crippen molar-refractivity contribution in [3.05, 3.63) is 64.7 Å². The van der Waals surface area contributed by atoms with E-state index in [9.17, 15) is 4.79 Å². The third kappa shape index (κ3) is 3.04. The highest BCUT2D eigenvalue weighted by atomic mass is 32.1. The fourth-order valence-corrected chi connectivity index (χ4v) is 4.16. The van der Waals surface area contributed by atoms with Gasteiger partial charge in [-0.25, -0.2) is 4.98 Å². The van der Waals surface area contributed by atoms with Crippen LogP contribution in [0, 0.1) is 0 Å². The van der Waals surface area contributed by atoms with Crippen molar-refractivity contribution in [1.29, 1.82) is 0 Å². The number of thiazole rings is 1. The number of fused-ring (bicyclic) bond motifs is 1. The van der Waals surface area contributed by atoms with Crippen LogP contribution in [0.2, 0.25) is 0 Å². The van der Waals surface area contributed by atoms with Gasteiger partial charge in [0.1, 0.15) is 17.0 Å². The number of thiophene rings is 1. The molecule has 0 saturated carbocycles. The Balaban J connectivity index is 1.78. The molecule has 3 heterocycles. The molecule has 0 atom stereocenters. The van der Waals surface area contributed by atoms with Crippen molar-refractivity contribution >= 4 is 43.9 Å². The van der Waals surface area contributed by atoms with Gasteiger partial charge in [-0.05, 0) is 35.7 Å². The number of nitrogens with zero attached hydrogens (tertiary/aromatic N) is 2. The van der Waals surface area contributed by atoms with Gasteiger partial charge in [0.25, 0.3) is 5.91 Å². The van der Waals surface area contributed by atoms with E-state index in [0.29, 0.717) is 28.1 Å². The lowest BCUT2D eigenvalue weighted by Gasteiger charge is -2.17. The molecular weight excluding hydrogens is 356 g/mol. The first-order valence-corrected chi connectivity index (χ1v) is 9.27. The van der Waals surface area contributed by atoms with Crippen LogP contribution in [0.15, 0.2) is 58.5 Å². The van der Waals surface area contributed by atoms with Gasteiger partial charge in [-0.15, -0.1) is 11.3 Å². The second-order valence-electron chi connectivity index (χ2n) is 5.25. The van der Waals surface area contributed by atoms with Gasteiger partial charge in [0.2, 0.25) is 0 Å². The summed E-state index contributed by atoms with van der Waals surface area (Å²) in [5, 5.41) is 2.51.